The molecule has 106 valence electrons. The van der Waals surface area contributed by atoms with Crippen LogP contribution in [-0.4, -0.2) is 22.2 Å². The lowest BCUT2D eigenvalue weighted by Gasteiger charge is -2.28. The standard InChI is InChI=1S/C13H19ClN2O3/c1-9(2)13(3,17)8-15-7-10-6-11(16(18)19)4-5-12(10)14/h4-6,9,15,17H,7-8H2,1-3H3. The second-order valence-electron chi connectivity index (χ2n) is 5.15. The van der Waals surface area contributed by atoms with Crippen LogP contribution < -0.4 is 5.32 Å². The van der Waals surface area contributed by atoms with Gasteiger partial charge in [-0.05, 0) is 24.5 Å². The zero-order chi connectivity index (χ0) is 14.6. The number of nitro benzene ring substituents is 1. The van der Waals surface area contributed by atoms with Crippen LogP contribution in [0.5, 0.6) is 0 Å². The summed E-state index contributed by atoms with van der Waals surface area (Å²) >= 11 is 5.99. The van der Waals surface area contributed by atoms with Gasteiger partial charge in [-0.3, -0.25) is 10.1 Å². The maximum atomic E-state index is 10.7. The van der Waals surface area contributed by atoms with Crippen molar-refractivity contribution in [3.63, 3.8) is 0 Å². The van der Waals surface area contributed by atoms with E-state index in [-0.39, 0.29) is 11.6 Å². The SMILES string of the molecule is CC(C)C(C)(O)CNCc1cc([N+](=O)[O-])ccc1Cl. The first-order valence-corrected chi connectivity index (χ1v) is 6.47. The summed E-state index contributed by atoms with van der Waals surface area (Å²) in [5.74, 6) is 0.112. The fourth-order valence-corrected chi connectivity index (χ4v) is 1.65. The summed E-state index contributed by atoms with van der Waals surface area (Å²) in [6, 6.07) is 4.33. The number of hydrogen-bond acceptors (Lipinski definition) is 4. The molecular formula is C13H19ClN2O3. The van der Waals surface area contributed by atoms with Crippen molar-refractivity contribution in [3.8, 4) is 0 Å². The summed E-state index contributed by atoms with van der Waals surface area (Å²) in [6.45, 7) is 6.39. The monoisotopic (exact) mass is 286 g/mol. The summed E-state index contributed by atoms with van der Waals surface area (Å²) in [5.41, 5.74) is -0.167. The lowest BCUT2D eigenvalue weighted by molar-refractivity contribution is -0.384. The zero-order valence-corrected chi connectivity index (χ0v) is 12.1. The smallest absolute Gasteiger partial charge is 0.269 e. The molecule has 0 amide bonds. The van der Waals surface area contributed by atoms with E-state index in [1.165, 1.54) is 18.2 Å². The minimum absolute atomic E-state index is 0.0109. The van der Waals surface area contributed by atoms with Crippen molar-refractivity contribution < 1.29 is 10.0 Å². The van der Waals surface area contributed by atoms with Gasteiger partial charge in [0.05, 0.1) is 10.5 Å². The highest BCUT2D eigenvalue weighted by Crippen LogP contribution is 2.22. The van der Waals surface area contributed by atoms with Crippen LogP contribution in [0.2, 0.25) is 5.02 Å². The van der Waals surface area contributed by atoms with Gasteiger partial charge in [0, 0.05) is 30.2 Å². The summed E-state index contributed by atoms with van der Waals surface area (Å²) in [5, 5.41) is 24.3. The molecule has 0 saturated carbocycles. The Bertz CT molecular complexity index is 461. The van der Waals surface area contributed by atoms with E-state index in [1.54, 1.807) is 6.92 Å². The Morgan fingerprint density at radius 3 is 2.68 bits per heavy atom. The molecular weight excluding hydrogens is 268 g/mol. The Labute approximate surface area is 117 Å². The van der Waals surface area contributed by atoms with Crippen molar-refractivity contribution in [1.29, 1.82) is 0 Å². The third-order valence-corrected chi connectivity index (χ3v) is 3.65. The van der Waals surface area contributed by atoms with Crippen molar-refractivity contribution >= 4 is 17.3 Å². The molecule has 6 heteroatoms. The Balaban J connectivity index is 2.68. The number of benzene rings is 1. The highest BCUT2D eigenvalue weighted by atomic mass is 35.5. The molecule has 1 unspecified atom stereocenters. The second-order valence-corrected chi connectivity index (χ2v) is 5.56. The van der Waals surface area contributed by atoms with Gasteiger partial charge in [0.25, 0.3) is 5.69 Å². The molecule has 0 aliphatic rings. The van der Waals surface area contributed by atoms with E-state index in [4.69, 9.17) is 11.6 Å². The van der Waals surface area contributed by atoms with E-state index in [2.05, 4.69) is 5.32 Å². The Morgan fingerprint density at radius 1 is 1.53 bits per heavy atom. The number of non-ortho nitro benzene ring substituents is 1. The van der Waals surface area contributed by atoms with E-state index in [9.17, 15) is 15.2 Å². The van der Waals surface area contributed by atoms with Crippen molar-refractivity contribution in [2.45, 2.75) is 32.9 Å². The molecule has 0 saturated heterocycles. The van der Waals surface area contributed by atoms with Crippen LogP contribution in [0.1, 0.15) is 26.3 Å². The number of nitro groups is 1. The maximum absolute atomic E-state index is 10.7. The fourth-order valence-electron chi connectivity index (χ4n) is 1.46. The molecule has 1 aromatic carbocycles. The molecule has 2 N–H and O–H groups in total. The lowest BCUT2D eigenvalue weighted by Crippen LogP contribution is -2.41. The van der Waals surface area contributed by atoms with Gasteiger partial charge in [0.1, 0.15) is 0 Å². The van der Waals surface area contributed by atoms with Gasteiger partial charge in [-0.25, -0.2) is 0 Å². The van der Waals surface area contributed by atoms with Crippen molar-refractivity contribution in [1.82, 2.24) is 5.32 Å². The minimum Gasteiger partial charge on any atom is -0.389 e. The first-order chi connectivity index (χ1) is 8.74. The third kappa shape index (κ3) is 4.45. The van der Waals surface area contributed by atoms with Crippen LogP contribution in [0.25, 0.3) is 0 Å². The number of halogens is 1. The van der Waals surface area contributed by atoms with Gasteiger partial charge in [-0.15, -0.1) is 0 Å². The number of aliphatic hydroxyl groups is 1. The van der Waals surface area contributed by atoms with Gasteiger partial charge in [0.2, 0.25) is 0 Å². The van der Waals surface area contributed by atoms with Gasteiger partial charge < -0.3 is 10.4 Å². The fraction of sp³-hybridized carbons (Fsp3) is 0.538. The highest BCUT2D eigenvalue weighted by Gasteiger charge is 2.24. The molecule has 0 bridgehead atoms. The summed E-state index contributed by atoms with van der Waals surface area (Å²) in [4.78, 5) is 10.2. The number of nitrogens with one attached hydrogen (secondary N) is 1. The molecule has 0 heterocycles. The first-order valence-electron chi connectivity index (χ1n) is 6.10. The molecule has 1 aromatic rings. The third-order valence-electron chi connectivity index (χ3n) is 3.28. The van der Waals surface area contributed by atoms with Gasteiger partial charge in [0.15, 0.2) is 0 Å². The van der Waals surface area contributed by atoms with E-state index < -0.39 is 10.5 Å². The van der Waals surface area contributed by atoms with Crippen molar-refractivity contribution in [3.05, 3.63) is 38.9 Å². The van der Waals surface area contributed by atoms with Crippen LogP contribution in [0.4, 0.5) is 5.69 Å². The van der Waals surface area contributed by atoms with E-state index in [0.717, 1.165) is 0 Å². The molecule has 0 fully saturated rings. The molecule has 0 aromatic heterocycles. The Hall–Kier alpha value is -1.17. The highest BCUT2D eigenvalue weighted by molar-refractivity contribution is 6.31. The second kappa shape index (κ2) is 6.32. The van der Waals surface area contributed by atoms with E-state index in [1.807, 2.05) is 13.8 Å². The quantitative estimate of drug-likeness (QED) is 0.623. The Kier molecular flexibility index (Phi) is 5.29. The average molecular weight is 287 g/mol. The summed E-state index contributed by atoms with van der Waals surface area (Å²) in [6.07, 6.45) is 0. The molecule has 1 atom stereocenters. The van der Waals surface area contributed by atoms with Crippen LogP contribution >= 0.6 is 11.6 Å². The van der Waals surface area contributed by atoms with Gasteiger partial charge in [-0.1, -0.05) is 25.4 Å². The predicted octanol–water partition coefficient (Wildman–Crippen LogP) is 2.74. The molecule has 0 radical (unpaired) electrons. The topological polar surface area (TPSA) is 75.4 Å². The lowest BCUT2D eigenvalue weighted by atomic mass is 9.92. The normalized spacial score (nSPS) is 14.4. The predicted molar refractivity (Wildman–Crippen MR) is 75.3 cm³/mol. The molecule has 0 aliphatic carbocycles. The Morgan fingerprint density at radius 2 is 2.16 bits per heavy atom. The van der Waals surface area contributed by atoms with Crippen LogP contribution in [-0.2, 0) is 6.54 Å². The average Bonchev–Trinajstić information content (AvgIpc) is 2.30. The molecule has 0 aliphatic heterocycles. The largest absolute Gasteiger partial charge is 0.389 e. The van der Waals surface area contributed by atoms with Crippen LogP contribution in [0, 0.1) is 16.0 Å². The molecule has 1 rings (SSSR count). The van der Waals surface area contributed by atoms with Gasteiger partial charge in [-0.2, -0.15) is 0 Å². The molecule has 19 heavy (non-hydrogen) atoms. The first kappa shape index (κ1) is 15.9. The zero-order valence-electron chi connectivity index (χ0n) is 11.3. The minimum atomic E-state index is -0.826. The molecule has 5 nitrogen and oxygen atoms in total. The van der Waals surface area contributed by atoms with Gasteiger partial charge >= 0.3 is 0 Å². The van der Waals surface area contributed by atoms with Crippen molar-refractivity contribution in [2.75, 3.05) is 6.54 Å². The number of nitrogens with zero attached hydrogens (tertiary/aromatic N) is 1. The van der Waals surface area contributed by atoms with Crippen LogP contribution in [0.3, 0.4) is 0 Å². The van der Waals surface area contributed by atoms with Crippen LogP contribution in [0.15, 0.2) is 18.2 Å². The summed E-state index contributed by atoms with van der Waals surface area (Å²) < 4.78 is 0. The number of hydrogen-bond donors (Lipinski definition) is 2. The van der Waals surface area contributed by atoms with E-state index in [0.29, 0.717) is 23.7 Å². The molecule has 0 spiro atoms. The van der Waals surface area contributed by atoms with Crippen molar-refractivity contribution in [2.24, 2.45) is 5.92 Å². The maximum Gasteiger partial charge on any atom is 0.269 e. The summed E-state index contributed by atoms with van der Waals surface area (Å²) in [7, 11) is 0. The number of rotatable bonds is 6. The van der Waals surface area contributed by atoms with E-state index >= 15 is 0 Å².